The fourth-order valence-electron chi connectivity index (χ4n) is 4.43. The normalized spacial score (nSPS) is 15.5. The monoisotopic (exact) mass is 455 g/mol. The third-order valence-electron chi connectivity index (χ3n) is 6.09. The number of carbonyl (C=O) groups is 2. The van der Waals surface area contributed by atoms with Crippen molar-refractivity contribution in [3.05, 3.63) is 60.0 Å². The van der Waals surface area contributed by atoms with E-state index in [0.29, 0.717) is 37.5 Å². The maximum atomic E-state index is 13.2. The van der Waals surface area contributed by atoms with Gasteiger partial charge in [0.25, 0.3) is 0 Å². The van der Waals surface area contributed by atoms with Gasteiger partial charge in [-0.2, -0.15) is 0 Å². The smallest absolute Gasteiger partial charge is 0.325 e. The van der Waals surface area contributed by atoms with Gasteiger partial charge in [0.15, 0.2) is 0 Å². The van der Waals surface area contributed by atoms with Gasteiger partial charge in [-0.05, 0) is 42.5 Å². The number of aliphatic carboxylic acids is 2. The molecule has 9 heteroatoms. The molecule has 1 fully saturated rings. The molecule has 4 rings (SSSR count). The minimum Gasteiger partial charge on any atom is -0.497 e. The van der Waals surface area contributed by atoms with Crippen LogP contribution in [0.25, 0.3) is 10.9 Å². The number of methoxy groups -OCH3 is 1. The molecule has 1 saturated heterocycles. The maximum absolute atomic E-state index is 13.2. The number of aryl methyl sites for hydroxylation is 1. The summed E-state index contributed by atoms with van der Waals surface area (Å²) < 4.78 is 20.4. The minimum atomic E-state index is -0.967. The Morgan fingerprint density at radius 3 is 2.36 bits per heavy atom. The molecule has 1 atom stereocenters. The first-order valence-electron chi connectivity index (χ1n) is 10.7. The standard InChI is InChI=1S/C24H26FN3O5/c1-33-18-6-7-21-19(14-18)20(15-28(21)9-8-22(29)30)23(24(31)32)27-12-10-26(11-13-27)17-4-2-16(25)3-5-17/h2-7,14-15,23H,8-13H2,1H3,(H,29,30)(H,31,32)/t23-/m1/s1. The number of nitrogens with zero attached hydrogens (tertiary/aromatic N) is 3. The van der Waals surface area contributed by atoms with E-state index in [9.17, 15) is 19.1 Å². The third-order valence-corrected chi connectivity index (χ3v) is 6.09. The van der Waals surface area contributed by atoms with E-state index in [0.717, 1.165) is 16.6 Å². The maximum Gasteiger partial charge on any atom is 0.325 e. The molecule has 0 aliphatic carbocycles. The van der Waals surface area contributed by atoms with E-state index in [-0.39, 0.29) is 18.8 Å². The second-order valence-corrected chi connectivity index (χ2v) is 8.04. The van der Waals surface area contributed by atoms with E-state index in [1.54, 1.807) is 42.1 Å². The van der Waals surface area contributed by atoms with Crippen LogP contribution < -0.4 is 9.64 Å². The predicted molar refractivity (Wildman–Crippen MR) is 121 cm³/mol. The van der Waals surface area contributed by atoms with Gasteiger partial charge >= 0.3 is 11.9 Å². The lowest BCUT2D eigenvalue weighted by Crippen LogP contribution is -2.49. The number of rotatable bonds is 8. The van der Waals surface area contributed by atoms with Crippen LogP contribution in [0, 0.1) is 5.82 Å². The molecule has 0 unspecified atom stereocenters. The van der Waals surface area contributed by atoms with Gasteiger partial charge in [-0.25, -0.2) is 4.39 Å². The molecular formula is C24H26FN3O5. The summed E-state index contributed by atoms with van der Waals surface area (Å²) in [5.41, 5.74) is 2.28. The van der Waals surface area contributed by atoms with E-state index in [2.05, 4.69) is 4.90 Å². The van der Waals surface area contributed by atoms with Crippen molar-refractivity contribution in [2.24, 2.45) is 0 Å². The van der Waals surface area contributed by atoms with Gasteiger partial charge in [0.1, 0.15) is 17.6 Å². The van der Waals surface area contributed by atoms with Crippen LogP contribution >= 0.6 is 0 Å². The number of piperazine rings is 1. The number of aromatic nitrogens is 1. The van der Waals surface area contributed by atoms with Gasteiger partial charge in [0.2, 0.25) is 0 Å². The molecule has 0 radical (unpaired) electrons. The molecule has 3 aromatic rings. The van der Waals surface area contributed by atoms with Crippen LogP contribution in [0.2, 0.25) is 0 Å². The molecule has 2 aromatic carbocycles. The molecule has 8 nitrogen and oxygen atoms in total. The third kappa shape index (κ3) is 4.78. The number of carboxylic acid groups (broad SMARTS) is 2. The zero-order chi connectivity index (χ0) is 23.5. The molecule has 174 valence electrons. The van der Waals surface area contributed by atoms with Gasteiger partial charge in [-0.1, -0.05) is 0 Å². The zero-order valence-corrected chi connectivity index (χ0v) is 18.3. The van der Waals surface area contributed by atoms with Gasteiger partial charge in [0, 0.05) is 61.1 Å². The fraction of sp³-hybridized carbons (Fsp3) is 0.333. The summed E-state index contributed by atoms with van der Waals surface area (Å²) in [7, 11) is 1.55. The van der Waals surface area contributed by atoms with E-state index in [4.69, 9.17) is 9.84 Å². The van der Waals surface area contributed by atoms with Crippen LogP contribution in [0.1, 0.15) is 18.0 Å². The lowest BCUT2D eigenvalue weighted by molar-refractivity contribution is -0.143. The molecule has 2 heterocycles. The topological polar surface area (TPSA) is 95.2 Å². The number of hydrogen-bond donors (Lipinski definition) is 2. The Bertz CT molecular complexity index is 1150. The quantitative estimate of drug-likeness (QED) is 0.539. The summed E-state index contributed by atoms with van der Waals surface area (Å²) in [5, 5.41) is 20.0. The lowest BCUT2D eigenvalue weighted by Gasteiger charge is -2.38. The molecule has 1 aliphatic heterocycles. The number of hydrogen-bond acceptors (Lipinski definition) is 5. The van der Waals surface area contributed by atoms with Crippen molar-refractivity contribution < 1.29 is 28.9 Å². The second-order valence-electron chi connectivity index (χ2n) is 8.04. The molecule has 33 heavy (non-hydrogen) atoms. The van der Waals surface area contributed by atoms with E-state index in [1.807, 2.05) is 11.0 Å². The molecule has 0 amide bonds. The largest absolute Gasteiger partial charge is 0.497 e. The SMILES string of the molecule is COc1ccc2c(c1)c([C@H](C(=O)O)N1CCN(c3ccc(F)cc3)CC1)cn2CCC(=O)O. The predicted octanol–water partition coefficient (Wildman–Crippen LogP) is 3.21. The van der Waals surface area contributed by atoms with Crippen molar-refractivity contribution in [3.63, 3.8) is 0 Å². The average molecular weight is 455 g/mol. The summed E-state index contributed by atoms with van der Waals surface area (Å²) in [6.45, 7) is 2.48. The molecule has 0 spiro atoms. The van der Waals surface area contributed by atoms with Crippen LogP contribution in [0.4, 0.5) is 10.1 Å². The fourth-order valence-corrected chi connectivity index (χ4v) is 4.43. The van der Waals surface area contributed by atoms with Gasteiger partial charge in [-0.3, -0.25) is 14.5 Å². The van der Waals surface area contributed by atoms with E-state index < -0.39 is 18.0 Å². The highest BCUT2D eigenvalue weighted by Crippen LogP contribution is 2.34. The minimum absolute atomic E-state index is 0.0661. The Morgan fingerprint density at radius 2 is 1.76 bits per heavy atom. The van der Waals surface area contributed by atoms with Crippen molar-refractivity contribution in [1.82, 2.24) is 9.47 Å². The van der Waals surface area contributed by atoms with Crippen molar-refractivity contribution in [3.8, 4) is 5.75 Å². The summed E-state index contributed by atoms with van der Waals surface area (Å²) in [5.74, 6) is -1.58. The molecule has 2 N–H and O–H groups in total. The first kappa shape index (κ1) is 22.6. The average Bonchev–Trinajstić information content (AvgIpc) is 3.16. The van der Waals surface area contributed by atoms with Crippen molar-refractivity contribution in [2.45, 2.75) is 19.0 Å². The molecular weight excluding hydrogens is 429 g/mol. The summed E-state index contributed by atoms with van der Waals surface area (Å²) in [6, 6.07) is 10.8. The zero-order valence-electron chi connectivity index (χ0n) is 18.3. The molecule has 1 aromatic heterocycles. The summed E-state index contributed by atoms with van der Waals surface area (Å²) in [6.07, 6.45) is 1.68. The van der Waals surface area contributed by atoms with Crippen LogP contribution in [0.3, 0.4) is 0 Å². The number of fused-ring (bicyclic) bond motifs is 1. The second kappa shape index (κ2) is 9.50. The van der Waals surface area contributed by atoms with Crippen LogP contribution in [-0.2, 0) is 16.1 Å². The molecule has 1 aliphatic rings. The first-order chi connectivity index (χ1) is 15.9. The number of benzene rings is 2. The number of ether oxygens (including phenoxy) is 1. The highest BCUT2D eigenvalue weighted by atomic mass is 19.1. The Labute approximate surface area is 190 Å². The first-order valence-corrected chi connectivity index (χ1v) is 10.7. The molecule has 0 saturated carbocycles. The van der Waals surface area contributed by atoms with Crippen molar-refractivity contribution in [1.29, 1.82) is 0 Å². The van der Waals surface area contributed by atoms with Crippen LogP contribution in [0.15, 0.2) is 48.7 Å². The van der Waals surface area contributed by atoms with Crippen LogP contribution in [0.5, 0.6) is 5.75 Å². The van der Waals surface area contributed by atoms with Gasteiger partial charge in [-0.15, -0.1) is 0 Å². The number of halogens is 1. The Balaban J connectivity index is 1.63. The van der Waals surface area contributed by atoms with E-state index >= 15 is 0 Å². The lowest BCUT2D eigenvalue weighted by atomic mass is 10.0. The Kier molecular flexibility index (Phi) is 6.50. The Hall–Kier alpha value is -3.59. The van der Waals surface area contributed by atoms with Crippen LogP contribution in [-0.4, -0.2) is 64.9 Å². The van der Waals surface area contributed by atoms with Crippen molar-refractivity contribution in [2.75, 3.05) is 38.2 Å². The van der Waals surface area contributed by atoms with Gasteiger partial charge in [0.05, 0.1) is 13.5 Å². The highest BCUT2D eigenvalue weighted by molar-refractivity contribution is 5.90. The van der Waals surface area contributed by atoms with Crippen molar-refractivity contribution >= 4 is 28.5 Å². The molecule has 0 bridgehead atoms. The highest BCUT2D eigenvalue weighted by Gasteiger charge is 2.33. The van der Waals surface area contributed by atoms with E-state index in [1.165, 1.54) is 12.1 Å². The summed E-state index contributed by atoms with van der Waals surface area (Å²) in [4.78, 5) is 27.6. The Morgan fingerprint density at radius 1 is 1.06 bits per heavy atom. The summed E-state index contributed by atoms with van der Waals surface area (Å²) >= 11 is 0. The number of carboxylic acids is 2. The number of anilines is 1. The van der Waals surface area contributed by atoms with Gasteiger partial charge < -0.3 is 24.4 Å².